The molecule has 1 atom stereocenters. The Bertz CT molecular complexity index is 1420. The summed E-state index contributed by atoms with van der Waals surface area (Å²) < 4.78 is 16.2. The summed E-state index contributed by atoms with van der Waals surface area (Å²) in [6.07, 6.45) is -0.719. The third kappa shape index (κ3) is 6.53. The van der Waals surface area contributed by atoms with Crippen LogP contribution in [-0.4, -0.2) is 76.9 Å². The quantitative estimate of drug-likeness (QED) is 0.429. The molecule has 11 heteroatoms. The van der Waals surface area contributed by atoms with E-state index >= 15 is 0 Å². The van der Waals surface area contributed by atoms with Crippen molar-refractivity contribution in [1.82, 2.24) is 14.8 Å². The van der Waals surface area contributed by atoms with Crippen LogP contribution in [0.25, 0.3) is 10.9 Å². The van der Waals surface area contributed by atoms with Gasteiger partial charge in [0.05, 0.1) is 31.2 Å². The molecule has 2 heterocycles. The summed E-state index contributed by atoms with van der Waals surface area (Å²) in [5.41, 5.74) is 1.31. The number of hydrogen-bond acceptors (Lipinski definition) is 8. The second kappa shape index (κ2) is 12.0. The van der Waals surface area contributed by atoms with Crippen molar-refractivity contribution in [2.24, 2.45) is 0 Å². The number of benzene rings is 2. The topological polar surface area (TPSA) is 134 Å². The molecule has 1 saturated heterocycles. The molecule has 2 amide bonds. The first-order valence-corrected chi connectivity index (χ1v) is 13.2. The summed E-state index contributed by atoms with van der Waals surface area (Å²) in [4.78, 5) is 46.1. The highest BCUT2D eigenvalue weighted by Crippen LogP contribution is 2.24. The lowest BCUT2D eigenvalue weighted by atomic mass is 10.0. The van der Waals surface area contributed by atoms with Crippen molar-refractivity contribution in [2.75, 3.05) is 38.7 Å². The monoisotopic (exact) mass is 552 g/mol. The average molecular weight is 553 g/mol. The lowest BCUT2D eigenvalue weighted by molar-refractivity contribution is -0.136. The molecule has 2 N–H and O–H groups in total. The molecular weight excluding hydrogens is 516 g/mol. The summed E-state index contributed by atoms with van der Waals surface area (Å²) in [5, 5.41) is 13.0. The Morgan fingerprint density at radius 3 is 2.42 bits per heavy atom. The van der Waals surface area contributed by atoms with E-state index in [0.29, 0.717) is 55.1 Å². The Kier molecular flexibility index (Phi) is 8.63. The van der Waals surface area contributed by atoms with Gasteiger partial charge in [0.2, 0.25) is 5.91 Å². The fourth-order valence-electron chi connectivity index (χ4n) is 4.71. The number of methoxy groups -OCH3 is 1. The molecule has 1 aliphatic rings. The van der Waals surface area contributed by atoms with Crippen LogP contribution < -0.4 is 15.7 Å². The second-order valence-corrected chi connectivity index (χ2v) is 10.8. The standard InChI is InChI=1S/C29H36N4O7/c1-18-20(17-33(28(36)37)29(2,3)4)8-11-22-24(18)26(35)40-27(30-22)31-23(25(34)32-12-14-39-15-13-32)16-19-6-9-21(38-5)10-7-19/h6-11,23H,12-17H2,1-5H3,(H,30,31)(H,36,37)/t23-/m0/s1. The number of nitrogens with zero attached hydrogens (tertiary/aromatic N) is 3. The van der Waals surface area contributed by atoms with Gasteiger partial charge in [0.1, 0.15) is 11.8 Å². The minimum Gasteiger partial charge on any atom is -0.497 e. The van der Waals surface area contributed by atoms with Gasteiger partial charge in [-0.25, -0.2) is 9.59 Å². The number of aryl methyl sites for hydroxylation is 1. The predicted molar refractivity (Wildman–Crippen MR) is 150 cm³/mol. The van der Waals surface area contributed by atoms with Crippen LogP contribution >= 0.6 is 0 Å². The van der Waals surface area contributed by atoms with Crippen LogP contribution in [0.2, 0.25) is 0 Å². The lowest BCUT2D eigenvalue weighted by Crippen LogP contribution is -2.49. The molecular formula is C29H36N4O7. The normalized spacial score (nSPS) is 14.6. The number of carbonyl (C=O) groups is 2. The highest BCUT2D eigenvalue weighted by molar-refractivity contribution is 5.86. The molecule has 11 nitrogen and oxygen atoms in total. The van der Waals surface area contributed by atoms with Crippen LogP contribution in [0.3, 0.4) is 0 Å². The van der Waals surface area contributed by atoms with E-state index in [2.05, 4.69) is 10.3 Å². The summed E-state index contributed by atoms with van der Waals surface area (Å²) >= 11 is 0. The van der Waals surface area contributed by atoms with Gasteiger partial charge >= 0.3 is 11.7 Å². The molecule has 0 spiro atoms. The molecule has 214 valence electrons. The molecule has 4 rings (SSSR count). The van der Waals surface area contributed by atoms with E-state index in [1.807, 2.05) is 45.0 Å². The maximum absolute atomic E-state index is 13.5. The minimum absolute atomic E-state index is 0.0633. The number of anilines is 1. The minimum atomic E-state index is -1.05. The maximum atomic E-state index is 13.5. The SMILES string of the molecule is COc1ccc(C[C@H](Nc2nc3ccc(CN(C(=O)O)C(C)(C)C)c(C)c3c(=O)o2)C(=O)N2CCOCC2)cc1. The molecule has 0 bridgehead atoms. The lowest BCUT2D eigenvalue weighted by Gasteiger charge is -2.33. The van der Waals surface area contributed by atoms with Crippen LogP contribution in [-0.2, 0) is 22.5 Å². The van der Waals surface area contributed by atoms with Crippen molar-refractivity contribution in [3.63, 3.8) is 0 Å². The third-order valence-electron chi connectivity index (χ3n) is 7.06. The van der Waals surface area contributed by atoms with Gasteiger partial charge in [0, 0.05) is 31.6 Å². The molecule has 1 aliphatic heterocycles. The second-order valence-electron chi connectivity index (χ2n) is 10.8. The molecule has 1 fully saturated rings. The molecule has 0 aliphatic carbocycles. The van der Waals surface area contributed by atoms with E-state index in [-0.39, 0.29) is 23.9 Å². The Morgan fingerprint density at radius 1 is 1.15 bits per heavy atom. The highest BCUT2D eigenvalue weighted by atomic mass is 16.5. The first kappa shape index (κ1) is 28.9. The summed E-state index contributed by atoms with van der Waals surface area (Å²) in [7, 11) is 1.59. The number of rotatable bonds is 8. The van der Waals surface area contributed by atoms with E-state index < -0.39 is 23.3 Å². The number of nitrogens with one attached hydrogen (secondary N) is 1. The Balaban J connectivity index is 1.64. The van der Waals surface area contributed by atoms with E-state index in [0.717, 1.165) is 5.56 Å². The van der Waals surface area contributed by atoms with Crippen LogP contribution in [0.1, 0.15) is 37.5 Å². The Labute approximate surface area is 232 Å². The zero-order chi connectivity index (χ0) is 29.0. The third-order valence-corrected chi connectivity index (χ3v) is 7.06. The number of morpholine rings is 1. The van der Waals surface area contributed by atoms with Crippen LogP contribution in [0.4, 0.5) is 10.8 Å². The average Bonchev–Trinajstić information content (AvgIpc) is 2.91. The number of hydrogen-bond donors (Lipinski definition) is 2. The molecule has 2 aromatic carbocycles. The predicted octanol–water partition coefficient (Wildman–Crippen LogP) is 3.67. The molecule has 40 heavy (non-hydrogen) atoms. The number of carbonyl (C=O) groups excluding carboxylic acids is 1. The molecule has 3 aromatic rings. The molecule has 0 radical (unpaired) electrons. The first-order chi connectivity index (χ1) is 19.0. The van der Waals surface area contributed by atoms with Gasteiger partial charge in [0.25, 0.3) is 6.01 Å². The van der Waals surface area contributed by atoms with Crippen molar-refractivity contribution >= 4 is 28.9 Å². The fraction of sp³-hybridized carbons (Fsp3) is 0.448. The van der Waals surface area contributed by atoms with Gasteiger partial charge < -0.3 is 29.2 Å². The molecule has 0 unspecified atom stereocenters. The Morgan fingerprint density at radius 2 is 1.82 bits per heavy atom. The number of amides is 2. The maximum Gasteiger partial charge on any atom is 0.408 e. The summed E-state index contributed by atoms with van der Waals surface area (Å²) in [5.74, 6) is 0.560. The van der Waals surface area contributed by atoms with E-state index in [4.69, 9.17) is 13.9 Å². The van der Waals surface area contributed by atoms with Gasteiger partial charge in [-0.1, -0.05) is 18.2 Å². The zero-order valence-electron chi connectivity index (χ0n) is 23.5. The van der Waals surface area contributed by atoms with Crippen molar-refractivity contribution in [3.8, 4) is 5.75 Å². The molecule has 0 saturated carbocycles. The zero-order valence-corrected chi connectivity index (χ0v) is 23.5. The largest absolute Gasteiger partial charge is 0.497 e. The van der Waals surface area contributed by atoms with Crippen molar-refractivity contribution in [2.45, 2.75) is 52.2 Å². The van der Waals surface area contributed by atoms with Crippen molar-refractivity contribution in [3.05, 3.63) is 63.5 Å². The van der Waals surface area contributed by atoms with Crippen molar-refractivity contribution in [1.29, 1.82) is 0 Å². The van der Waals surface area contributed by atoms with Crippen LogP contribution in [0, 0.1) is 6.92 Å². The number of fused-ring (bicyclic) bond motifs is 1. The number of aromatic nitrogens is 1. The van der Waals surface area contributed by atoms with Crippen molar-refractivity contribution < 1.29 is 28.6 Å². The van der Waals surface area contributed by atoms with Gasteiger partial charge in [-0.2, -0.15) is 4.98 Å². The van der Waals surface area contributed by atoms with Gasteiger partial charge in [-0.15, -0.1) is 0 Å². The highest BCUT2D eigenvalue weighted by Gasteiger charge is 2.29. The van der Waals surface area contributed by atoms with Gasteiger partial charge in [-0.05, 0) is 62.6 Å². The number of ether oxygens (including phenoxy) is 2. The van der Waals surface area contributed by atoms with Gasteiger partial charge in [0.15, 0.2) is 0 Å². The number of carboxylic acid groups (broad SMARTS) is 1. The fourth-order valence-corrected chi connectivity index (χ4v) is 4.71. The van der Waals surface area contributed by atoms with Gasteiger partial charge in [-0.3, -0.25) is 9.69 Å². The smallest absolute Gasteiger partial charge is 0.408 e. The molecule has 1 aromatic heterocycles. The van der Waals surface area contributed by atoms with E-state index in [9.17, 15) is 19.5 Å². The van der Waals surface area contributed by atoms with E-state index in [1.54, 1.807) is 31.1 Å². The Hall–Kier alpha value is -4.12. The van der Waals surface area contributed by atoms with Crippen LogP contribution in [0.15, 0.2) is 45.6 Å². The first-order valence-electron chi connectivity index (χ1n) is 13.2. The van der Waals surface area contributed by atoms with E-state index in [1.165, 1.54) is 4.90 Å². The summed E-state index contributed by atoms with van der Waals surface area (Å²) in [6, 6.07) is 10.0. The van der Waals surface area contributed by atoms with Crippen LogP contribution in [0.5, 0.6) is 5.75 Å². The summed E-state index contributed by atoms with van der Waals surface area (Å²) in [6.45, 7) is 9.15.